The van der Waals surface area contributed by atoms with E-state index >= 15 is 0 Å². The molecule has 2 aliphatic rings. The number of nitrogens with zero attached hydrogens (tertiary/aromatic N) is 3. The minimum absolute atomic E-state index is 1.00. The lowest BCUT2D eigenvalue weighted by atomic mass is 9.98. The highest BCUT2D eigenvalue weighted by Crippen LogP contribution is 2.20. The summed E-state index contributed by atoms with van der Waals surface area (Å²) in [5.74, 6) is 1.00. The summed E-state index contributed by atoms with van der Waals surface area (Å²) >= 11 is 0. The number of hydrogen-bond acceptors (Lipinski definition) is 3. The van der Waals surface area contributed by atoms with Crippen LogP contribution in [0.25, 0.3) is 0 Å². The third-order valence-corrected chi connectivity index (χ3v) is 5.06. The van der Waals surface area contributed by atoms with Crippen molar-refractivity contribution in [2.24, 2.45) is 5.92 Å². The first-order valence-corrected chi connectivity index (χ1v) is 8.41. The summed E-state index contributed by atoms with van der Waals surface area (Å²) in [5, 5.41) is 0. The molecule has 0 aliphatic carbocycles. The molecule has 3 nitrogen and oxygen atoms in total. The second-order valence-corrected chi connectivity index (χ2v) is 6.55. The van der Waals surface area contributed by atoms with Crippen LogP contribution in [0.4, 0.5) is 0 Å². The molecular weight excluding hydrogens is 234 g/mol. The van der Waals surface area contributed by atoms with Crippen molar-refractivity contribution < 1.29 is 0 Å². The van der Waals surface area contributed by atoms with Gasteiger partial charge in [0.25, 0.3) is 0 Å². The Bertz CT molecular complexity index is 236. The first-order valence-electron chi connectivity index (χ1n) is 8.41. The first kappa shape index (κ1) is 15.3. The standard InChI is InChI=1S/C16H33N3/c1-3-16-6-4-8-18(11-7-16)9-5-10-19-14-12-17(2)13-15-19/h16H,3-15H2,1-2H3. The highest BCUT2D eigenvalue weighted by Gasteiger charge is 2.16. The van der Waals surface area contributed by atoms with Gasteiger partial charge in [-0.2, -0.15) is 0 Å². The van der Waals surface area contributed by atoms with Crippen molar-refractivity contribution in [3.05, 3.63) is 0 Å². The van der Waals surface area contributed by atoms with Crippen LogP contribution in [0, 0.1) is 5.92 Å². The Morgan fingerprint density at radius 1 is 0.842 bits per heavy atom. The van der Waals surface area contributed by atoms with Crippen LogP contribution >= 0.6 is 0 Å². The zero-order valence-corrected chi connectivity index (χ0v) is 13.1. The zero-order chi connectivity index (χ0) is 13.5. The monoisotopic (exact) mass is 267 g/mol. The molecule has 2 saturated heterocycles. The fourth-order valence-electron chi connectivity index (χ4n) is 3.45. The lowest BCUT2D eigenvalue weighted by Crippen LogP contribution is -2.45. The molecule has 0 amide bonds. The van der Waals surface area contributed by atoms with Crippen LogP contribution in [0.15, 0.2) is 0 Å². The molecule has 0 saturated carbocycles. The molecule has 3 heteroatoms. The van der Waals surface area contributed by atoms with E-state index in [9.17, 15) is 0 Å². The lowest BCUT2D eigenvalue weighted by molar-refractivity contribution is 0.146. The summed E-state index contributed by atoms with van der Waals surface area (Å²) in [6.07, 6.45) is 7.07. The molecule has 2 rings (SSSR count). The smallest absolute Gasteiger partial charge is 0.0110 e. The van der Waals surface area contributed by atoms with Gasteiger partial charge < -0.3 is 14.7 Å². The number of rotatable bonds is 5. The van der Waals surface area contributed by atoms with Crippen molar-refractivity contribution in [2.45, 2.75) is 39.0 Å². The Balaban J connectivity index is 1.57. The predicted molar refractivity (Wildman–Crippen MR) is 82.6 cm³/mol. The van der Waals surface area contributed by atoms with Gasteiger partial charge in [0.05, 0.1) is 0 Å². The van der Waals surface area contributed by atoms with Crippen LogP contribution in [0.5, 0.6) is 0 Å². The van der Waals surface area contributed by atoms with Crippen molar-refractivity contribution in [2.75, 3.05) is 59.4 Å². The molecule has 0 radical (unpaired) electrons. The molecule has 2 aliphatic heterocycles. The Kier molecular flexibility index (Phi) is 6.62. The van der Waals surface area contributed by atoms with Gasteiger partial charge in [0.1, 0.15) is 0 Å². The maximum atomic E-state index is 2.71. The van der Waals surface area contributed by atoms with Gasteiger partial charge in [-0.25, -0.2) is 0 Å². The van der Waals surface area contributed by atoms with Crippen molar-refractivity contribution in [3.63, 3.8) is 0 Å². The van der Waals surface area contributed by atoms with E-state index in [0.29, 0.717) is 0 Å². The molecule has 0 aromatic carbocycles. The van der Waals surface area contributed by atoms with E-state index in [1.165, 1.54) is 84.5 Å². The van der Waals surface area contributed by atoms with Gasteiger partial charge in [-0.1, -0.05) is 13.3 Å². The molecule has 0 bridgehead atoms. The molecule has 1 atom stereocenters. The van der Waals surface area contributed by atoms with E-state index in [2.05, 4.69) is 28.7 Å². The summed E-state index contributed by atoms with van der Waals surface area (Å²) in [7, 11) is 2.23. The van der Waals surface area contributed by atoms with Gasteiger partial charge in [0, 0.05) is 26.2 Å². The number of likely N-dealkylation sites (tertiary alicyclic amines) is 1. The SMILES string of the molecule is CCC1CCCN(CCCN2CCN(C)CC2)CC1. The maximum Gasteiger partial charge on any atom is 0.0110 e. The fourth-order valence-corrected chi connectivity index (χ4v) is 3.45. The van der Waals surface area contributed by atoms with E-state index in [1.54, 1.807) is 0 Å². The van der Waals surface area contributed by atoms with Crippen molar-refractivity contribution in [3.8, 4) is 0 Å². The van der Waals surface area contributed by atoms with Crippen LogP contribution in [0.2, 0.25) is 0 Å². The summed E-state index contributed by atoms with van der Waals surface area (Å²) < 4.78 is 0. The molecule has 0 spiro atoms. The summed E-state index contributed by atoms with van der Waals surface area (Å²) in [4.78, 5) is 7.80. The van der Waals surface area contributed by atoms with Gasteiger partial charge >= 0.3 is 0 Å². The number of likely N-dealkylation sites (N-methyl/N-ethyl adjacent to an activating group) is 1. The molecule has 0 aromatic rings. The van der Waals surface area contributed by atoms with E-state index in [0.717, 1.165) is 5.92 Å². The van der Waals surface area contributed by atoms with Crippen LogP contribution in [0.3, 0.4) is 0 Å². The molecule has 0 aromatic heterocycles. The average molecular weight is 267 g/mol. The van der Waals surface area contributed by atoms with Crippen molar-refractivity contribution in [1.82, 2.24) is 14.7 Å². The maximum absolute atomic E-state index is 2.71. The van der Waals surface area contributed by atoms with E-state index in [-0.39, 0.29) is 0 Å². The van der Waals surface area contributed by atoms with Crippen LogP contribution in [0.1, 0.15) is 39.0 Å². The fraction of sp³-hybridized carbons (Fsp3) is 1.00. The highest BCUT2D eigenvalue weighted by molar-refractivity contribution is 4.72. The van der Waals surface area contributed by atoms with Gasteiger partial charge in [0.15, 0.2) is 0 Å². The van der Waals surface area contributed by atoms with Gasteiger partial charge in [-0.3, -0.25) is 0 Å². The van der Waals surface area contributed by atoms with Gasteiger partial charge in [-0.05, 0) is 64.8 Å². The predicted octanol–water partition coefficient (Wildman–Crippen LogP) is 2.14. The minimum Gasteiger partial charge on any atom is -0.304 e. The van der Waals surface area contributed by atoms with Gasteiger partial charge in [0.2, 0.25) is 0 Å². The molecule has 0 N–H and O–H groups in total. The molecule has 112 valence electrons. The average Bonchev–Trinajstić information content (AvgIpc) is 2.66. The molecule has 19 heavy (non-hydrogen) atoms. The quantitative estimate of drug-likeness (QED) is 0.755. The minimum atomic E-state index is 1.00. The molecule has 1 unspecified atom stereocenters. The van der Waals surface area contributed by atoms with Gasteiger partial charge in [-0.15, -0.1) is 0 Å². The summed E-state index contributed by atoms with van der Waals surface area (Å²) in [6.45, 7) is 12.7. The van der Waals surface area contributed by atoms with Crippen LogP contribution in [-0.4, -0.2) is 74.1 Å². The Hall–Kier alpha value is -0.120. The Labute approximate surface area is 119 Å². The van der Waals surface area contributed by atoms with Crippen molar-refractivity contribution >= 4 is 0 Å². The van der Waals surface area contributed by atoms with E-state index in [1.807, 2.05) is 0 Å². The zero-order valence-electron chi connectivity index (χ0n) is 13.1. The Morgan fingerprint density at radius 3 is 2.21 bits per heavy atom. The highest BCUT2D eigenvalue weighted by atomic mass is 15.2. The van der Waals surface area contributed by atoms with Crippen LogP contribution in [-0.2, 0) is 0 Å². The summed E-state index contributed by atoms with van der Waals surface area (Å²) in [6, 6.07) is 0. The molecular formula is C16H33N3. The largest absolute Gasteiger partial charge is 0.304 e. The number of piperazine rings is 1. The van der Waals surface area contributed by atoms with E-state index < -0.39 is 0 Å². The third-order valence-electron chi connectivity index (χ3n) is 5.06. The summed E-state index contributed by atoms with van der Waals surface area (Å²) in [5.41, 5.74) is 0. The molecule has 2 fully saturated rings. The van der Waals surface area contributed by atoms with Crippen molar-refractivity contribution in [1.29, 1.82) is 0 Å². The normalized spacial score (nSPS) is 28.4. The topological polar surface area (TPSA) is 9.72 Å². The lowest BCUT2D eigenvalue weighted by Gasteiger charge is -2.32. The molecule has 2 heterocycles. The number of hydrogen-bond donors (Lipinski definition) is 0. The second kappa shape index (κ2) is 8.23. The van der Waals surface area contributed by atoms with Crippen LogP contribution < -0.4 is 0 Å². The van der Waals surface area contributed by atoms with E-state index in [4.69, 9.17) is 0 Å². The second-order valence-electron chi connectivity index (χ2n) is 6.55. The third kappa shape index (κ3) is 5.41. The Morgan fingerprint density at radius 2 is 1.53 bits per heavy atom. The first-order chi connectivity index (χ1) is 9.28.